The molecule has 0 aromatic carbocycles. The van der Waals surface area contributed by atoms with Crippen LogP contribution in [0.15, 0.2) is 170 Å². The van der Waals surface area contributed by atoms with Crippen molar-refractivity contribution in [3.63, 3.8) is 0 Å². The summed E-state index contributed by atoms with van der Waals surface area (Å²) in [4.78, 5) is 37.6. The predicted octanol–water partition coefficient (Wildman–Crippen LogP) is 24.8. The van der Waals surface area contributed by atoms with Crippen molar-refractivity contribution in [1.29, 1.82) is 0 Å². The van der Waals surface area contributed by atoms with Crippen LogP contribution >= 0.6 is 0 Å². The molecule has 0 fully saturated rings. The number of rotatable bonds is 73. The maximum absolute atomic E-state index is 13.0. The van der Waals surface area contributed by atoms with Crippen LogP contribution in [0.3, 0.4) is 0 Å². The van der Waals surface area contributed by atoms with E-state index in [2.05, 4.69) is 184 Å². The average molecular weight is 1370 g/mol. The van der Waals surface area contributed by atoms with Gasteiger partial charge in [0.1, 0.15) is 13.2 Å². The van der Waals surface area contributed by atoms with E-state index in [0.717, 1.165) is 135 Å². The zero-order valence-electron chi connectivity index (χ0n) is 64.3. The smallest absolute Gasteiger partial charge is 0.306 e. The van der Waals surface area contributed by atoms with Gasteiger partial charge in [0, 0.05) is 12.8 Å². The summed E-state index contributed by atoms with van der Waals surface area (Å²) in [5, 5.41) is 11.9. The summed E-state index contributed by atoms with van der Waals surface area (Å²) in [6.07, 6.45) is 115. The normalized spacial score (nSPS) is 13.6. The van der Waals surface area contributed by atoms with Gasteiger partial charge in [0.25, 0.3) is 0 Å². The van der Waals surface area contributed by atoms with Crippen LogP contribution in [-0.4, -0.2) is 82.3 Å². The molecule has 9 nitrogen and oxygen atoms in total. The van der Waals surface area contributed by atoms with E-state index in [-0.39, 0.29) is 38.6 Å². The summed E-state index contributed by atoms with van der Waals surface area (Å²) in [6, 6.07) is 0. The third-order valence-corrected chi connectivity index (χ3v) is 17.0. The summed E-state index contributed by atoms with van der Waals surface area (Å²) in [6.45, 7) is 4.53. The number of likely N-dealkylation sites (N-methyl/N-ethyl adjacent to an activating group) is 1. The molecule has 0 saturated heterocycles. The molecule has 0 radical (unpaired) electrons. The van der Waals surface area contributed by atoms with Crippen molar-refractivity contribution in [3.8, 4) is 0 Å². The van der Waals surface area contributed by atoms with E-state index in [0.29, 0.717) is 17.4 Å². The lowest BCUT2D eigenvalue weighted by Crippen LogP contribution is -2.44. The molecule has 562 valence electrons. The van der Waals surface area contributed by atoms with Gasteiger partial charge in [-0.2, -0.15) is 0 Å². The first-order valence-electron chi connectivity index (χ1n) is 40.3. The lowest BCUT2D eigenvalue weighted by Gasteiger charge is -2.26. The van der Waals surface area contributed by atoms with Gasteiger partial charge in [-0.25, -0.2) is 0 Å². The van der Waals surface area contributed by atoms with Gasteiger partial charge in [-0.1, -0.05) is 351 Å². The Morgan fingerprint density at radius 3 is 0.808 bits per heavy atom. The highest BCUT2D eigenvalue weighted by molar-refractivity contribution is 5.70. The zero-order valence-corrected chi connectivity index (χ0v) is 64.3. The zero-order chi connectivity index (χ0) is 71.8. The number of nitrogens with zero attached hydrogens (tertiary/aromatic N) is 1. The van der Waals surface area contributed by atoms with Gasteiger partial charge in [-0.15, -0.1) is 0 Å². The topological polar surface area (TPSA) is 111 Å². The van der Waals surface area contributed by atoms with Gasteiger partial charge in [0.15, 0.2) is 12.4 Å². The molecule has 0 amide bonds. The molecule has 0 aliphatic carbocycles. The Labute approximate surface area is 609 Å². The van der Waals surface area contributed by atoms with Crippen molar-refractivity contribution in [2.24, 2.45) is 0 Å². The summed E-state index contributed by atoms with van der Waals surface area (Å²) in [5.74, 6) is -2.29. The van der Waals surface area contributed by atoms with Crippen molar-refractivity contribution >= 4 is 17.9 Å². The van der Waals surface area contributed by atoms with Crippen LogP contribution in [0.25, 0.3) is 0 Å². The second-order valence-electron chi connectivity index (χ2n) is 27.6. The molecular formula is C90H149NO8. The fourth-order valence-corrected chi connectivity index (χ4v) is 10.9. The summed E-state index contributed by atoms with van der Waals surface area (Å²) < 4.78 is 22.9. The number of carbonyl (C=O) groups is 3. The Bertz CT molecular complexity index is 2240. The summed E-state index contributed by atoms with van der Waals surface area (Å²) >= 11 is 0. The van der Waals surface area contributed by atoms with E-state index < -0.39 is 24.3 Å². The predicted molar refractivity (Wildman–Crippen MR) is 425 cm³/mol. The van der Waals surface area contributed by atoms with Crippen molar-refractivity contribution in [3.05, 3.63) is 170 Å². The number of quaternary nitrogens is 1. The second kappa shape index (κ2) is 78.4. The maximum atomic E-state index is 13.0. The van der Waals surface area contributed by atoms with E-state index in [9.17, 15) is 19.5 Å². The number of unbranched alkanes of at least 4 members (excludes halogenated alkanes) is 30. The molecule has 0 N–H and O–H groups in total. The highest BCUT2D eigenvalue weighted by Gasteiger charge is 2.22. The highest BCUT2D eigenvalue weighted by atomic mass is 16.7. The van der Waals surface area contributed by atoms with Crippen molar-refractivity contribution in [2.75, 3.05) is 47.5 Å². The van der Waals surface area contributed by atoms with Gasteiger partial charge >= 0.3 is 11.9 Å². The van der Waals surface area contributed by atoms with E-state index >= 15 is 0 Å². The van der Waals surface area contributed by atoms with Crippen LogP contribution < -0.4 is 5.11 Å². The van der Waals surface area contributed by atoms with Crippen LogP contribution in [0.1, 0.15) is 322 Å². The molecule has 99 heavy (non-hydrogen) atoms. The van der Waals surface area contributed by atoms with Gasteiger partial charge in [-0.05, 0) is 128 Å². The van der Waals surface area contributed by atoms with E-state index in [1.807, 2.05) is 21.1 Å². The quantitative estimate of drug-likeness (QED) is 0.0195. The van der Waals surface area contributed by atoms with E-state index in [4.69, 9.17) is 18.9 Å². The van der Waals surface area contributed by atoms with Gasteiger partial charge < -0.3 is 33.3 Å². The van der Waals surface area contributed by atoms with Crippen LogP contribution in [0.5, 0.6) is 0 Å². The number of carbonyl (C=O) groups excluding carboxylic acids is 3. The molecule has 0 aromatic heterocycles. The number of allylic oxidation sites excluding steroid dienone is 28. The molecule has 0 rings (SSSR count). The monoisotopic (exact) mass is 1370 g/mol. The molecule has 0 aliphatic heterocycles. The molecule has 9 heteroatoms. The maximum Gasteiger partial charge on any atom is 0.306 e. The number of aliphatic carboxylic acids is 1. The molecule has 0 spiro atoms. The molecule has 2 unspecified atom stereocenters. The van der Waals surface area contributed by atoms with E-state index in [1.54, 1.807) is 0 Å². The Balaban J connectivity index is 4.06. The van der Waals surface area contributed by atoms with Crippen molar-refractivity contribution < 1.29 is 42.9 Å². The molecule has 2 atom stereocenters. The molecule has 0 heterocycles. The number of hydrogen-bond donors (Lipinski definition) is 0. The Morgan fingerprint density at radius 1 is 0.303 bits per heavy atom. The molecule has 0 aliphatic rings. The molecule has 0 bridgehead atoms. The first-order valence-corrected chi connectivity index (χ1v) is 40.3. The number of ether oxygens (including phenoxy) is 4. The van der Waals surface area contributed by atoms with Crippen LogP contribution in [-0.2, 0) is 33.3 Å². The number of esters is 2. The lowest BCUT2D eigenvalue weighted by molar-refractivity contribution is -0.870. The van der Waals surface area contributed by atoms with Gasteiger partial charge in [-0.3, -0.25) is 9.59 Å². The first-order chi connectivity index (χ1) is 48.6. The fraction of sp³-hybridized carbons (Fsp3) is 0.656. The fourth-order valence-electron chi connectivity index (χ4n) is 10.9. The SMILES string of the molecule is CC/C=C\C/C=C\C/C=C\C/C=C\C/C=C\C/C=C\C/C=C\C/C=C\CCCCCCCCCCCCC(=O)OC(COC(=O)CCCCCCCCCCCCCCCCCCCCCC/C=C\C/C=C\C/C=C\C/C=C\C/C=C\C/C=C\CC)COC(OCC[N+](C)(C)C)C(=O)[O-]. The minimum atomic E-state index is -1.63. The third-order valence-electron chi connectivity index (χ3n) is 17.0. The van der Waals surface area contributed by atoms with Crippen molar-refractivity contribution in [2.45, 2.75) is 334 Å². The van der Waals surface area contributed by atoms with Gasteiger partial charge in [0.2, 0.25) is 0 Å². The summed E-state index contributed by atoms with van der Waals surface area (Å²) in [7, 11) is 5.93. The molecular weight excluding hydrogens is 1220 g/mol. The van der Waals surface area contributed by atoms with E-state index in [1.165, 1.54) is 154 Å². The number of hydrogen-bond acceptors (Lipinski definition) is 8. The minimum Gasteiger partial charge on any atom is -0.545 e. The number of carboxylic acids is 1. The van der Waals surface area contributed by atoms with Crippen LogP contribution in [0, 0.1) is 0 Å². The standard InChI is InChI=1S/C90H149NO8/c1-6-8-10-12-14-16-18-20-22-24-26-28-30-32-34-36-38-40-42-43-44-45-47-48-50-52-54-56-58-60-62-64-66-68-70-72-74-76-78-80-87(92)97-84-86(85-98-90(89(94)95)96-83-82-91(3,4)5)99-88(93)81-79-77-75-73-71-69-67-65-63-61-59-57-55-53-51-49-46-41-39-37-35-33-31-29-27-25-23-21-19-17-15-13-11-9-7-2/h8-11,14-17,20-23,26-29,32-35,38-41,49,51,55,57,86,90H,6-7,12-13,18-19,24-25,30-31,36-37,42-48,50,52-54,56,58-85H2,1-5H3/b10-8-,11-9-,16-14-,17-15-,22-20-,23-21-,28-26-,29-27-,34-32-,35-33-,40-38-,41-39-,51-49-,57-55-. The van der Waals surface area contributed by atoms with Crippen LogP contribution in [0.4, 0.5) is 0 Å². The average Bonchev–Trinajstić information content (AvgIpc) is 1.16. The highest BCUT2D eigenvalue weighted by Crippen LogP contribution is 2.18. The van der Waals surface area contributed by atoms with Gasteiger partial charge in [0.05, 0.1) is 40.3 Å². The first kappa shape index (κ1) is 93.6. The number of carboxylic acid groups (broad SMARTS) is 1. The Morgan fingerprint density at radius 2 is 0.545 bits per heavy atom. The molecule has 0 saturated carbocycles. The molecule has 0 aromatic rings. The van der Waals surface area contributed by atoms with Crippen molar-refractivity contribution in [1.82, 2.24) is 0 Å². The lowest BCUT2D eigenvalue weighted by atomic mass is 10.0. The Hall–Kier alpha value is -5.35. The third kappa shape index (κ3) is 79.8. The minimum absolute atomic E-state index is 0.141. The largest absolute Gasteiger partial charge is 0.545 e. The summed E-state index contributed by atoms with van der Waals surface area (Å²) in [5.41, 5.74) is 0. The van der Waals surface area contributed by atoms with Crippen LogP contribution in [0.2, 0.25) is 0 Å². The second-order valence-corrected chi connectivity index (χ2v) is 27.6. The Kier molecular flexibility index (Phi) is 74.1.